The van der Waals surface area contributed by atoms with Crippen LogP contribution in [0.3, 0.4) is 0 Å². The van der Waals surface area contributed by atoms with Crippen LogP contribution in [0.5, 0.6) is 0 Å². The first-order valence-electron chi connectivity index (χ1n) is 4.72. The molecule has 4 heteroatoms. The molecule has 14 heavy (non-hydrogen) atoms. The van der Waals surface area contributed by atoms with Gasteiger partial charge in [-0.15, -0.1) is 0 Å². The Morgan fingerprint density at radius 3 is 2.79 bits per heavy atom. The summed E-state index contributed by atoms with van der Waals surface area (Å²) in [5.74, 6) is 1.31. The van der Waals surface area contributed by atoms with Crippen LogP contribution in [0.2, 0.25) is 5.02 Å². The van der Waals surface area contributed by atoms with Crippen LogP contribution in [0.4, 0.5) is 5.82 Å². The maximum atomic E-state index is 6.01. The Kier molecular flexibility index (Phi) is 4.17. The number of hydrogen-bond acceptors (Lipinski definition) is 3. The molecule has 0 radical (unpaired) electrons. The molecular weight excluding hydrogens is 198 g/mol. The van der Waals surface area contributed by atoms with E-state index < -0.39 is 0 Å². The molecular formula is C10H16ClN3. The van der Waals surface area contributed by atoms with Crippen molar-refractivity contribution in [3.05, 3.63) is 22.8 Å². The van der Waals surface area contributed by atoms with Gasteiger partial charge in [-0.2, -0.15) is 0 Å². The van der Waals surface area contributed by atoms with Gasteiger partial charge in [0.15, 0.2) is 0 Å². The summed E-state index contributed by atoms with van der Waals surface area (Å²) in [6, 6.07) is 1.84. The Balaban J connectivity index is 2.69. The number of rotatable bonds is 4. The molecule has 0 aliphatic carbocycles. The lowest BCUT2D eigenvalue weighted by atomic mass is 10.2. The fourth-order valence-corrected chi connectivity index (χ4v) is 1.28. The summed E-state index contributed by atoms with van der Waals surface area (Å²) in [5.41, 5.74) is 6.42. The summed E-state index contributed by atoms with van der Waals surface area (Å²) in [5, 5.41) is 3.81. The van der Waals surface area contributed by atoms with E-state index >= 15 is 0 Å². The zero-order chi connectivity index (χ0) is 10.6. The molecule has 0 unspecified atom stereocenters. The van der Waals surface area contributed by atoms with Gasteiger partial charge < -0.3 is 11.1 Å². The maximum Gasteiger partial charge on any atom is 0.144 e. The number of pyridine rings is 1. The standard InChI is InChI=1S/C10H16ClN3/c1-7(2)5-13-10-9(11)3-8(4-12)6-14-10/h3,6-7H,4-5,12H2,1-2H3,(H,13,14). The number of hydrogen-bond donors (Lipinski definition) is 2. The van der Waals surface area contributed by atoms with Gasteiger partial charge in [0.2, 0.25) is 0 Å². The molecule has 0 atom stereocenters. The Bertz CT molecular complexity index is 299. The minimum absolute atomic E-state index is 0.469. The van der Waals surface area contributed by atoms with E-state index in [4.69, 9.17) is 17.3 Å². The van der Waals surface area contributed by atoms with Crippen LogP contribution >= 0.6 is 11.6 Å². The van der Waals surface area contributed by atoms with Crippen molar-refractivity contribution >= 4 is 17.4 Å². The molecule has 0 aliphatic rings. The second kappa shape index (κ2) is 5.17. The van der Waals surface area contributed by atoms with Crippen LogP contribution in [-0.4, -0.2) is 11.5 Å². The minimum Gasteiger partial charge on any atom is -0.369 e. The summed E-state index contributed by atoms with van der Waals surface area (Å²) in [6.45, 7) is 5.61. The average Bonchev–Trinajstić information content (AvgIpc) is 2.15. The van der Waals surface area contributed by atoms with Crippen molar-refractivity contribution in [2.45, 2.75) is 20.4 Å². The van der Waals surface area contributed by atoms with Crippen molar-refractivity contribution in [1.82, 2.24) is 4.98 Å². The van der Waals surface area contributed by atoms with Crippen LogP contribution in [0.1, 0.15) is 19.4 Å². The number of nitrogens with zero attached hydrogens (tertiary/aromatic N) is 1. The lowest BCUT2D eigenvalue weighted by Gasteiger charge is -2.10. The van der Waals surface area contributed by atoms with Gasteiger partial charge in [0.05, 0.1) is 5.02 Å². The Labute approximate surface area is 89.7 Å². The van der Waals surface area contributed by atoms with E-state index in [-0.39, 0.29) is 0 Å². The fourth-order valence-electron chi connectivity index (χ4n) is 1.02. The van der Waals surface area contributed by atoms with Crippen LogP contribution in [0.15, 0.2) is 12.3 Å². The minimum atomic E-state index is 0.469. The molecule has 0 fully saturated rings. The van der Waals surface area contributed by atoms with Gasteiger partial charge in [0.25, 0.3) is 0 Å². The van der Waals surface area contributed by atoms with E-state index in [0.29, 0.717) is 17.5 Å². The van der Waals surface area contributed by atoms with Gasteiger partial charge in [-0.25, -0.2) is 4.98 Å². The summed E-state index contributed by atoms with van der Waals surface area (Å²) < 4.78 is 0. The second-order valence-electron chi connectivity index (χ2n) is 3.65. The third-order valence-electron chi connectivity index (χ3n) is 1.81. The molecule has 1 aromatic heterocycles. The number of aromatic nitrogens is 1. The molecule has 0 amide bonds. The third-order valence-corrected chi connectivity index (χ3v) is 2.10. The highest BCUT2D eigenvalue weighted by Gasteiger charge is 2.02. The van der Waals surface area contributed by atoms with Crippen molar-refractivity contribution in [2.75, 3.05) is 11.9 Å². The first kappa shape index (κ1) is 11.3. The third kappa shape index (κ3) is 3.16. The van der Waals surface area contributed by atoms with Crippen LogP contribution < -0.4 is 11.1 Å². The summed E-state index contributed by atoms with van der Waals surface area (Å²) in [7, 11) is 0. The molecule has 78 valence electrons. The molecule has 1 aromatic rings. The Morgan fingerprint density at radius 1 is 1.57 bits per heavy atom. The van der Waals surface area contributed by atoms with E-state index in [0.717, 1.165) is 17.9 Å². The zero-order valence-electron chi connectivity index (χ0n) is 8.55. The highest BCUT2D eigenvalue weighted by Crippen LogP contribution is 2.19. The molecule has 0 saturated carbocycles. The largest absolute Gasteiger partial charge is 0.369 e. The van der Waals surface area contributed by atoms with Crippen LogP contribution in [0.25, 0.3) is 0 Å². The van der Waals surface area contributed by atoms with Gasteiger partial charge in [0, 0.05) is 19.3 Å². The van der Waals surface area contributed by atoms with Gasteiger partial charge in [0.1, 0.15) is 5.82 Å². The molecule has 0 saturated heterocycles. The molecule has 3 N–H and O–H groups in total. The number of nitrogens with two attached hydrogens (primary N) is 1. The summed E-state index contributed by atoms with van der Waals surface area (Å²) in [6.07, 6.45) is 1.74. The van der Waals surface area contributed by atoms with Crippen molar-refractivity contribution in [3.8, 4) is 0 Å². The highest BCUT2D eigenvalue weighted by atomic mass is 35.5. The van der Waals surface area contributed by atoms with E-state index in [1.807, 2.05) is 6.07 Å². The van der Waals surface area contributed by atoms with E-state index in [1.54, 1.807) is 6.20 Å². The molecule has 1 heterocycles. The van der Waals surface area contributed by atoms with Crippen LogP contribution in [-0.2, 0) is 6.54 Å². The molecule has 3 nitrogen and oxygen atoms in total. The van der Waals surface area contributed by atoms with Gasteiger partial charge in [-0.1, -0.05) is 25.4 Å². The van der Waals surface area contributed by atoms with E-state index in [9.17, 15) is 0 Å². The molecule has 1 rings (SSSR count). The van der Waals surface area contributed by atoms with Crippen molar-refractivity contribution in [1.29, 1.82) is 0 Å². The topological polar surface area (TPSA) is 50.9 Å². The maximum absolute atomic E-state index is 6.01. The quantitative estimate of drug-likeness (QED) is 0.807. The fraction of sp³-hybridized carbons (Fsp3) is 0.500. The predicted octanol–water partition coefficient (Wildman–Crippen LogP) is 2.26. The summed E-state index contributed by atoms with van der Waals surface area (Å²) >= 11 is 6.01. The Morgan fingerprint density at radius 2 is 2.29 bits per heavy atom. The molecule has 0 aromatic carbocycles. The molecule has 0 bridgehead atoms. The highest BCUT2D eigenvalue weighted by molar-refractivity contribution is 6.32. The van der Waals surface area contributed by atoms with E-state index in [2.05, 4.69) is 24.1 Å². The number of anilines is 1. The first-order valence-corrected chi connectivity index (χ1v) is 5.09. The van der Waals surface area contributed by atoms with Crippen molar-refractivity contribution in [2.24, 2.45) is 11.7 Å². The lowest BCUT2D eigenvalue weighted by Crippen LogP contribution is -2.10. The number of nitrogens with one attached hydrogen (secondary N) is 1. The van der Waals surface area contributed by atoms with Crippen LogP contribution in [0, 0.1) is 5.92 Å². The van der Waals surface area contributed by atoms with Gasteiger partial charge in [-0.3, -0.25) is 0 Å². The predicted molar refractivity (Wildman–Crippen MR) is 60.5 cm³/mol. The van der Waals surface area contributed by atoms with E-state index in [1.165, 1.54) is 0 Å². The molecule has 0 aliphatic heterocycles. The van der Waals surface area contributed by atoms with Crippen molar-refractivity contribution in [3.63, 3.8) is 0 Å². The average molecular weight is 214 g/mol. The SMILES string of the molecule is CC(C)CNc1ncc(CN)cc1Cl. The smallest absolute Gasteiger partial charge is 0.144 e. The van der Waals surface area contributed by atoms with Gasteiger partial charge >= 0.3 is 0 Å². The van der Waals surface area contributed by atoms with Gasteiger partial charge in [-0.05, 0) is 17.5 Å². The second-order valence-corrected chi connectivity index (χ2v) is 4.06. The Hall–Kier alpha value is -0.800. The summed E-state index contributed by atoms with van der Waals surface area (Å²) in [4.78, 5) is 4.20. The van der Waals surface area contributed by atoms with Crippen molar-refractivity contribution < 1.29 is 0 Å². The lowest BCUT2D eigenvalue weighted by molar-refractivity contribution is 0.687. The zero-order valence-corrected chi connectivity index (χ0v) is 9.30. The monoisotopic (exact) mass is 213 g/mol. The first-order chi connectivity index (χ1) is 6.63. The number of halogens is 1. The molecule has 0 spiro atoms. The normalized spacial score (nSPS) is 10.6.